The topological polar surface area (TPSA) is 29.5 Å². The van der Waals surface area contributed by atoms with Gasteiger partial charge in [0.2, 0.25) is 0 Å². The van der Waals surface area contributed by atoms with E-state index in [2.05, 4.69) is 19.8 Å². The molecule has 74 valence electrons. The van der Waals surface area contributed by atoms with Crippen LogP contribution >= 0.6 is 0 Å². The van der Waals surface area contributed by atoms with Gasteiger partial charge in [0.05, 0.1) is 6.61 Å². The lowest BCUT2D eigenvalue weighted by Crippen LogP contribution is -2.01. The Labute approximate surface area is 80.6 Å². The van der Waals surface area contributed by atoms with Crippen LogP contribution in [0.3, 0.4) is 0 Å². The molecule has 0 unspecified atom stereocenters. The van der Waals surface area contributed by atoms with E-state index >= 15 is 0 Å². The summed E-state index contributed by atoms with van der Waals surface area (Å²) in [7, 11) is 0. The van der Waals surface area contributed by atoms with E-state index in [1.807, 2.05) is 6.92 Å². The van der Waals surface area contributed by atoms with E-state index in [0.717, 1.165) is 17.8 Å². The molecule has 0 heterocycles. The van der Waals surface area contributed by atoms with Crippen LogP contribution in [0.5, 0.6) is 0 Å². The van der Waals surface area contributed by atoms with Crippen LogP contribution in [0.2, 0.25) is 0 Å². The van der Waals surface area contributed by atoms with E-state index in [9.17, 15) is 0 Å². The van der Waals surface area contributed by atoms with Crippen molar-refractivity contribution in [2.24, 2.45) is 5.92 Å². The summed E-state index contributed by atoms with van der Waals surface area (Å²) in [5, 5.41) is 8.55. The Bertz CT molecular complexity index is 209. The summed E-state index contributed by atoms with van der Waals surface area (Å²) in [4.78, 5) is 0. The van der Waals surface area contributed by atoms with Crippen molar-refractivity contribution in [3.63, 3.8) is 0 Å². The van der Waals surface area contributed by atoms with Gasteiger partial charge in [-0.1, -0.05) is 19.8 Å². The number of rotatable bonds is 5. The summed E-state index contributed by atoms with van der Waals surface area (Å²) >= 11 is 0. The fourth-order valence-corrected chi connectivity index (χ4v) is 0.998. The highest BCUT2D eigenvalue weighted by Crippen LogP contribution is 2.14. The molecule has 0 aliphatic rings. The van der Waals surface area contributed by atoms with Crippen LogP contribution < -0.4 is 0 Å². The highest BCUT2D eigenvalue weighted by Gasteiger charge is 2.03. The second-order valence-corrected chi connectivity index (χ2v) is 3.35. The molecular weight excluding hydrogens is 164 g/mol. The van der Waals surface area contributed by atoms with Crippen molar-refractivity contribution in [1.82, 2.24) is 0 Å². The summed E-state index contributed by atoms with van der Waals surface area (Å²) in [6.45, 7) is 6.40. The maximum absolute atomic E-state index is 8.55. The molecule has 0 amide bonds. The van der Waals surface area contributed by atoms with Gasteiger partial charge >= 0.3 is 0 Å². The van der Waals surface area contributed by atoms with Gasteiger partial charge in [-0.2, -0.15) is 0 Å². The molecule has 2 nitrogen and oxygen atoms in total. The molecule has 0 saturated heterocycles. The normalized spacial score (nSPS) is 12.3. The summed E-state index contributed by atoms with van der Waals surface area (Å²) in [5.74, 6) is 3.90. The first-order chi connectivity index (χ1) is 6.11. The molecule has 0 fully saturated rings. The SMILES string of the molecule is C#CC(CC(C)C)=C(C)OCCO. The Morgan fingerprint density at radius 1 is 1.54 bits per heavy atom. The van der Waals surface area contributed by atoms with Crippen molar-refractivity contribution in [2.45, 2.75) is 27.2 Å². The minimum atomic E-state index is 0.0247. The van der Waals surface area contributed by atoms with Gasteiger partial charge in [-0.3, -0.25) is 0 Å². The van der Waals surface area contributed by atoms with Crippen molar-refractivity contribution < 1.29 is 9.84 Å². The molecule has 0 atom stereocenters. The zero-order chi connectivity index (χ0) is 10.3. The molecule has 0 bridgehead atoms. The van der Waals surface area contributed by atoms with Crippen molar-refractivity contribution in [1.29, 1.82) is 0 Å². The molecule has 1 N–H and O–H groups in total. The number of ether oxygens (including phenoxy) is 1. The van der Waals surface area contributed by atoms with E-state index < -0.39 is 0 Å². The molecule has 0 aliphatic heterocycles. The Morgan fingerprint density at radius 3 is 2.54 bits per heavy atom. The van der Waals surface area contributed by atoms with Crippen LogP contribution in [0.25, 0.3) is 0 Å². The average Bonchev–Trinajstić information content (AvgIpc) is 2.09. The molecule has 13 heavy (non-hydrogen) atoms. The maximum atomic E-state index is 8.55. The monoisotopic (exact) mass is 182 g/mol. The predicted octanol–water partition coefficient (Wildman–Crippen LogP) is 1.95. The highest BCUT2D eigenvalue weighted by molar-refractivity contribution is 5.27. The van der Waals surface area contributed by atoms with Gasteiger partial charge in [-0.05, 0) is 19.3 Å². The van der Waals surface area contributed by atoms with Crippen molar-refractivity contribution in [3.05, 3.63) is 11.3 Å². The van der Waals surface area contributed by atoms with Gasteiger partial charge in [0.25, 0.3) is 0 Å². The van der Waals surface area contributed by atoms with Gasteiger partial charge in [0, 0.05) is 5.57 Å². The van der Waals surface area contributed by atoms with Gasteiger partial charge in [0.1, 0.15) is 12.4 Å². The lowest BCUT2D eigenvalue weighted by Gasteiger charge is -2.10. The minimum Gasteiger partial charge on any atom is -0.495 e. The van der Waals surface area contributed by atoms with Crippen molar-refractivity contribution in [2.75, 3.05) is 13.2 Å². The van der Waals surface area contributed by atoms with Gasteiger partial charge in [-0.15, -0.1) is 6.42 Å². The second-order valence-electron chi connectivity index (χ2n) is 3.35. The van der Waals surface area contributed by atoms with Crippen LogP contribution in [-0.2, 0) is 4.74 Å². The minimum absolute atomic E-state index is 0.0247. The van der Waals surface area contributed by atoms with E-state index in [1.165, 1.54) is 0 Å². The molecule has 0 aromatic heterocycles. The Hall–Kier alpha value is -0.940. The van der Waals surface area contributed by atoms with Gasteiger partial charge in [0.15, 0.2) is 0 Å². The number of aliphatic hydroxyl groups is 1. The van der Waals surface area contributed by atoms with Crippen molar-refractivity contribution in [3.8, 4) is 12.3 Å². The Balaban J connectivity index is 4.24. The smallest absolute Gasteiger partial charge is 0.111 e. The number of hydrogen-bond acceptors (Lipinski definition) is 2. The standard InChI is InChI=1S/C11H18O2/c1-5-11(8-9(2)3)10(4)13-7-6-12/h1,9,12H,6-8H2,2-4H3. The molecular formula is C11H18O2. The van der Waals surface area contributed by atoms with E-state index in [4.69, 9.17) is 16.3 Å². The quantitative estimate of drug-likeness (QED) is 0.520. The molecule has 0 rings (SSSR count). The van der Waals surface area contributed by atoms with E-state index in [1.54, 1.807) is 0 Å². The van der Waals surface area contributed by atoms with Crippen LogP contribution in [-0.4, -0.2) is 18.3 Å². The van der Waals surface area contributed by atoms with Crippen LogP contribution in [0.4, 0.5) is 0 Å². The predicted molar refractivity (Wildman–Crippen MR) is 54.0 cm³/mol. The van der Waals surface area contributed by atoms with Crippen LogP contribution in [0, 0.1) is 18.3 Å². The first-order valence-electron chi connectivity index (χ1n) is 4.51. The molecule has 0 saturated carbocycles. The fraction of sp³-hybridized carbons (Fsp3) is 0.636. The largest absolute Gasteiger partial charge is 0.495 e. The summed E-state index contributed by atoms with van der Waals surface area (Å²) in [6.07, 6.45) is 6.20. The number of allylic oxidation sites excluding steroid dienone is 2. The molecule has 0 aromatic carbocycles. The molecule has 0 aliphatic carbocycles. The van der Waals surface area contributed by atoms with Crippen LogP contribution in [0.1, 0.15) is 27.2 Å². The molecule has 0 spiro atoms. The second kappa shape index (κ2) is 6.56. The van der Waals surface area contributed by atoms with Gasteiger partial charge < -0.3 is 9.84 Å². The zero-order valence-corrected chi connectivity index (χ0v) is 8.63. The molecule has 2 heteroatoms. The van der Waals surface area contributed by atoms with Gasteiger partial charge in [-0.25, -0.2) is 0 Å². The van der Waals surface area contributed by atoms with Crippen LogP contribution in [0.15, 0.2) is 11.3 Å². The number of hydrogen-bond donors (Lipinski definition) is 1. The Kier molecular flexibility index (Phi) is 6.09. The van der Waals surface area contributed by atoms with E-state index in [0.29, 0.717) is 12.5 Å². The summed E-state index contributed by atoms with van der Waals surface area (Å²) < 4.78 is 5.23. The highest BCUT2D eigenvalue weighted by atomic mass is 16.5. The van der Waals surface area contributed by atoms with E-state index in [-0.39, 0.29) is 6.61 Å². The summed E-state index contributed by atoms with van der Waals surface area (Å²) in [5.41, 5.74) is 0.892. The Morgan fingerprint density at radius 2 is 2.15 bits per heavy atom. The number of aliphatic hydroxyl groups excluding tert-OH is 1. The first-order valence-corrected chi connectivity index (χ1v) is 4.51. The molecule has 0 radical (unpaired) electrons. The maximum Gasteiger partial charge on any atom is 0.111 e. The van der Waals surface area contributed by atoms with Crippen molar-refractivity contribution >= 4 is 0 Å². The first kappa shape index (κ1) is 12.1. The third-order valence-electron chi connectivity index (χ3n) is 1.62. The average molecular weight is 182 g/mol. The summed E-state index contributed by atoms with van der Waals surface area (Å²) in [6, 6.07) is 0. The molecule has 0 aromatic rings. The fourth-order valence-electron chi connectivity index (χ4n) is 0.998. The lowest BCUT2D eigenvalue weighted by molar-refractivity contribution is 0.144. The lowest BCUT2D eigenvalue weighted by atomic mass is 10.0. The third-order valence-corrected chi connectivity index (χ3v) is 1.62. The number of terminal acetylenes is 1. The third kappa shape index (κ3) is 5.32. The zero-order valence-electron chi connectivity index (χ0n) is 8.63.